The lowest BCUT2D eigenvalue weighted by Crippen LogP contribution is -2.00. The number of pyridine rings is 1. The van der Waals surface area contributed by atoms with Gasteiger partial charge >= 0.3 is 0 Å². The number of aldehydes is 1. The quantitative estimate of drug-likeness (QED) is 0.694. The van der Waals surface area contributed by atoms with Gasteiger partial charge in [0.25, 0.3) is 0 Å². The normalized spacial score (nSPS) is 10.4. The number of carbonyl (C=O) groups excluding carboxylic acids is 1. The maximum atomic E-state index is 11.2. The van der Waals surface area contributed by atoms with Crippen LogP contribution in [0.25, 0.3) is 16.9 Å². The van der Waals surface area contributed by atoms with Gasteiger partial charge in [-0.2, -0.15) is 0 Å². The lowest BCUT2D eigenvalue weighted by Gasteiger charge is -2.07. The number of halogens is 1. The molecular formula is C14H9ClN4O. The van der Waals surface area contributed by atoms with Gasteiger partial charge in [-0.15, -0.1) is 5.10 Å². The van der Waals surface area contributed by atoms with E-state index in [4.69, 9.17) is 11.6 Å². The average molecular weight is 285 g/mol. The van der Waals surface area contributed by atoms with Crippen molar-refractivity contribution >= 4 is 17.9 Å². The monoisotopic (exact) mass is 284 g/mol. The van der Waals surface area contributed by atoms with E-state index in [0.29, 0.717) is 17.0 Å². The van der Waals surface area contributed by atoms with Crippen LogP contribution in [-0.2, 0) is 0 Å². The largest absolute Gasteiger partial charge is 0.296 e. The zero-order chi connectivity index (χ0) is 13.9. The van der Waals surface area contributed by atoms with Crippen LogP contribution in [0.4, 0.5) is 0 Å². The molecule has 5 nitrogen and oxygen atoms in total. The Hall–Kier alpha value is -2.53. The van der Waals surface area contributed by atoms with Gasteiger partial charge in [0.15, 0.2) is 12.0 Å². The standard InChI is InChI=1S/C14H9ClN4O/c15-11-2-1-3-12(8-11)19-14(13(9-20)17-18-19)10-4-6-16-7-5-10/h1-9H. The van der Waals surface area contributed by atoms with Crippen LogP contribution in [0.5, 0.6) is 0 Å². The molecule has 0 aliphatic heterocycles. The summed E-state index contributed by atoms with van der Waals surface area (Å²) in [6.07, 6.45) is 3.99. The molecule has 2 heterocycles. The first-order valence-corrected chi connectivity index (χ1v) is 6.24. The molecule has 0 aliphatic carbocycles. The number of rotatable bonds is 3. The molecule has 0 saturated heterocycles. The van der Waals surface area contributed by atoms with Crippen LogP contribution in [0.15, 0.2) is 48.8 Å². The van der Waals surface area contributed by atoms with E-state index in [9.17, 15) is 4.79 Å². The Labute approximate surface area is 119 Å². The van der Waals surface area contributed by atoms with Crippen LogP contribution in [0.1, 0.15) is 10.5 Å². The van der Waals surface area contributed by atoms with Gasteiger partial charge in [-0.3, -0.25) is 9.78 Å². The average Bonchev–Trinajstić information content (AvgIpc) is 2.92. The van der Waals surface area contributed by atoms with E-state index in [0.717, 1.165) is 11.3 Å². The van der Waals surface area contributed by atoms with Crippen LogP contribution in [-0.4, -0.2) is 26.3 Å². The molecule has 0 fully saturated rings. The molecule has 0 radical (unpaired) electrons. The maximum absolute atomic E-state index is 11.2. The van der Waals surface area contributed by atoms with E-state index in [2.05, 4.69) is 15.3 Å². The summed E-state index contributed by atoms with van der Waals surface area (Å²) < 4.78 is 1.59. The molecule has 0 unspecified atom stereocenters. The van der Waals surface area contributed by atoms with Crippen molar-refractivity contribution in [3.05, 3.63) is 59.5 Å². The molecule has 1 aromatic carbocycles. The number of hydrogen-bond acceptors (Lipinski definition) is 4. The van der Waals surface area contributed by atoms with Crippen LogP contribution < -0.4 is 0 Å². The van der Waals surface area contributed by atoms with Crippen molar-refractivity contribution in [1.29, 1.82) is 0 Å². The highest BCUT2D eigenvalue weighted by molar-refractivity contribution is 6.30. The fourth-order valence-corrected chi connectivity index (χ4v) is 2.13. The molecule has 0 aliphatic rings. The highest BCUT2D eigenvalue weighted by Crippen LogP contribution is 2.24. The second kappa shape index (κ2) is 5.22. The van der Waals surface area contributed by atoms with Gasteiger partial charge in [-0.1, -0.05) is 22.9 Å². The number of nitrogens with zero attached hydrogens (tertiary/aromatic N) is 4. The first-order chi connectivity index (χ1) is 9.79. The minimum atomic E-state index is 0.274. The highest BCUT2D eigenvalue weighted by Gasteiger charge is 2.15. The number of benzene rings is 1. The van der Waals surface area contributed by atoms with E-state index >= 15 is 0 Å². The van der Waals surface area contributed by atoms with Gasteiger partial charge in [0.05, 0.1) is 5.69 Å². The third-order valence-corrected chi connectivity index (χ3v) is 3.05. The summed E-state index contributed by atoms with van der Waals surface area (Å²) in [6.45, 7) is 0. The van der Waals surface area contributed by atoms with Crippen molar-refractivity contribution in [3.63, 3.8) is 0 Å². The van der Waals surface area contributed by atoms with Gasteiger partial charge in [0.1, 0.15) is 5.69 Å². The second-order valence-electron chi connectivity index (χ2n) is 4.07. The molecule has 3 rings (SSSR count). The zero-order valence-electron chi connectivity index (χ0n) is 10.3. The topological polar surface area (TPSA) is 60.7 Å². The Morgan fingerprint density at radius 2 is 1.95 bits per heavy atom. The third-order valence-electron chi connectivity index (χ3n) is 2.81. The van der Waals surface area contributed by atoms with Gasteiger partial charge in [-0.25, -0.2) is 4.68 Å². The Morgan fingerprint density at radius 1 is 1.15 bits per heavy atom. The van der Waals surface area contributed by atoms with Crippen molar-refractivity contribution in [1.82, 2.24) is 20.0 Å². The third kappa shape index (κ3) is 2.19. The van der Waals surface area contributed by atoms with E-state index < -0.39 is 0 Å². The van der Waals surface area contributed by atoms with Crippen LogP contribution in [0, 0.1) is 0 Å². The Bertz CT molecular complexity index is 755. The van der Waals surface area contributed by atoms with Crippen molar-refractivity contribution in [2.45, 2.75) is 0 Å². The summed E-state index contributed by atoms with van der Waals surface area (Å²) in [4.78, 5) is 15.1. The van der Waals surface area contributed by atoms with Gasteiger partial charge < -0.3 is 0 Å². The predicted molar refractivity (Wildman–Crippen MR) is 75.0 cm³/mol. The van der Waals surface area contributed by atoms with Crippen LogP contribution in [0.3, 0.4) is 0 Å². The number of aromatic nitrogens is 4. The fourth-order valence-electron chi connectivity index (χ4n) is 1.94. The SMILES string of the molecule is O=Cc1nnn(-c2cccc(Cl)c2)c1-c1ccncc1. The predicted octanol–water partition coefficient (Wildman–Crippen LogP) is 2.80. The number of carbonyl (C=O) groups is 1. The summed E-state index contributed by atoms with van der Waals surface area (Å²) in [5.41, 5.74) is 2.44. The molecule has 0 spiro atoms. The molecule has 6 heteroatoms. The Morgan fingerprint density at radius 3 is 2.65 bits per heavy atom. The Balaban J connectivity index is 2.23. The minimum Gasteiger partial charge on any atom is -0.296 e. The summed E-state index contributed by atoms with van der Waals surface area (Å²) in [5, 5.41) is 8.52. The van der Waals surface area contributed by atoms with Crippen LogP contribution >= 0.6 is 11.6 Å². The van der Waals surface area contributed by atoms with Crippen molar-refractivity contribution < 1.29 is 4.79 Å². The van der Waals surface area contributed by atoms with E-state index in [1.165, 1.54) is 0 Å². The van der Waals surface area contributed by atoms with Gasteiger partial charge in [0.2, 0.25) is 0 Å². The zero-order valence-corrected chi connectivity index (χ0v) is 11.0. The molecule has 0 saturated carbocycles. The van der Waals surface area contributed by atoms with E-state index in [1.54, 1.807) is 41.3 Å². The lowest BCUT2D eigenvalue weighted by molar-refractivity contribution is 0.111. The smallest absolute Gasteiger partial charge is 0.172 e. The fraction of sp³-hybridized carbons (Fsp3) is 0. The molecule has 98 valence electrons. The van der Waals surface area contributed by atoms with Crippen molar-refractivity contribution in [2.24, 2.45) is 0 Å². The molecular weight excluding hydrogens is 276 g/mol. The van der Waals surface area contributed by atoms with Gasteiger partial charge in [0, 0.05) is 23.0 Å². The molecule has 0 amide bonds. The van der Waals surface area contributed by atoms with Crippen LogP contribution in [0.2, 0.25) is 5.02 Å². The summed E-state index contributed by atoms with van der Waals surface area (Å²) in [6, 6.07) is 10.8. The first-order valence-electron chi connectivity index (χ1n) is 5.87. The first kappa shape index (κ1) is 12.5. The molecule has 0 atom stereocenters. The minimum absolute atomic E-state index is 0.274. The molecule has 2 aromatic heterocycles. The summed E-state index contributed by atoms with van der Waals surface area (Å²) >= 11 is 5.99. The molecule has 20 heavy (non-hydrogen) atoms. The maximum Gasteiger partial charge on any atom is 0.172 e. The molecule has 0 bridgehead atoms. The van der Waals surface area contributed by atoms with E-state index in [1.807, 2.05) is 12.1 Å². The van der Waals surface area contributed by atoms with Crippen molar-refractivity contribution in [2.75, 3.05) is 0 Å². The summed E-state index contributed by atoms with van der Waals surface area (Å²) in [5.74, 6) is 0. The lowest BCUT2D eigenvalue weighted by atomic mass is 10.1. The summed E-state index contributed by atoms with van der Waals surface area (Å²) in [7, 11) is 0. The number of hydrogen-bond donors (Lipinski definition) is 0. The highest BCUT2D eigenvalue weighted by atomic mass is 35.5. The van der Waals surface area contributed by atoms with Crippen molar-refractivity contribution in [3.8, 4) is 16.9 Å². The van der Waals surface area contributed by atoms with Gasteiger partial charge in [-0.05, 0) is 30.3 Å². The molecule has 3 aromatic rings. The van der Waals surface area contributed by atoms with E-state index in [-0.39, 0.29) is 5.69 Å². The molecule has 0 N–H and O–H groups in total. The second-order valence-corrected chi connectivity index (χ2v) is 4.51. The Kier molecular flexibility index (Phi) is 3.26.